The number of nitrogens with zero attached hydrogens (tertiary/aromatic N) is 2. The molecule has 132 valence electrons. The third-order valence-electron chi connectivity index (χ3n) is 5.36. The van der Waals surface area contributed by atoms with Crippen LogP contribution in [0.25, 0.3) is 0 Å². The lowest BCUT2D eigenvalue weighted by molar-refractivity contribution is 0.0956. The Labute approximate surface area is 148 Å². The Morgan fingerprint density at radius 2 is 2.04 bits per heavy atom. The van der Waals surface area contributed by atoms with Crippen molar-refractivity contribution in [3.8, 4) is 0 Å². The second-order valence-electron chi connectivity index (χ2n) is 7.29. The quantitative estimate of drug-likeness (QED) is 0.848. The highest BCUT2D eigenvalue weighted by atomic mass is 16.1. The number of amides is 1. The van der Waals surface area contributed by atoms with Gasteiger partial charge in [-0.15, -0.1) is 0 Å². The molecule has 1 aromatic carbocycles. The van der Waals surface area contributed by atoms with Gasteiger partial charge in [0.1, 0.15) is 0 Å². The number of hydrogen-bond acceptors (Lipinski definition) is 3. The fourth-order valence-corrected chi connectivity index (χ4v) is 3.71. The minimum atomic E-state index is -0.0779. The van der Waals surface area contributed by atoms with Crippen LogP contribution < -0.4 is 10.6 Å². The normalized spacial score (nSPS) is 19.5. The molecule has 2 aliphatic rings. The lowest BCUT2D eigenvalue weighted by Gasteiger charge is -2.24. The van der Waals surface area contributed by atoms with Crippen molar-refractivity contribution < 1.29 is 4.79 Å². The summed E-state index contributed by atoms with van der Waals surface area (Å²) >= 11 is 0. The summed E-state index contributed by atoms with van der Waals surface area (Å²) < 4.78 is 2.03. The zero-order valence-corrected chi connectivity index (χ0v) is 14.8. The third-order valence-corrected chi connectivity index (χ3v) is 5.36. The van der Waals surface area contributed by atoms with Crippen molar-refractivity contribution in [1.82, 2.24) is 20.4 Å². The van der Waals surface area contributed by atoms with Gasteiger partial charge in [-0.2, -0.15) is 5.10 Å². The van der Waals surface area contributed by atoms with E-state index in [-0.39, 0.29) is 5.91 Å². The molecule has 1 saturated carbocycles. The van der Waals surface area contributed by atoms with E-state index in [2.05, 4.69) is 27.9 Å². The first-order valence-electron chi connectivity index (χ1n) is 9.32. The van der Waals surface area contributed by atoms with Crippen molar-refractivity contribution in [2.75, 3.05) is 13.6 Å². The Hall–Kier alpha value is -2.14. The number of hydrogen-bond donors (Lipinski definition) is 2. The highest BCUT2D eigenvalue weighted by Crippen LogP contribution is 2.29. The van der Waals surface area contributed by atoms with Gasteiger partial charge >= 0.3 is 0 Å². The summed E-state index contributed by atoms with van der Waals surface area (Å²) in [5.41, 5.74) is 4.18. The molecule has 2 N–H and O–H groups in total. The summed E-state index contributed by atoms with van der Waals surface area (Å²) in [4.78, 5) is 12.3. The lowest BCUT2D eigenvalue weighted by atomic mass is 9.91. The first kappa shape index (κ1) is 16.3. The molecule has 1 heterocycles. The van der Waals surface area contributed by atoms with Gasteiger partial charge in [0.25, 0.3) is 5.91 Å². The second-order valence-corrected chi connectivity index (χ2v) is 7.29. The van der Waals surface area contributed by atoms with E-state index < -0.39 is 0 Å². The van der Waals surface area contributed by atoms with Crippen LogP contribution in [-0.4, -0.2) is 35.3 Å². The van der Waals surface area contributed by atoms with Crippen molar-refractivity contribution in [1.29, 1.82) is 0 Å². The highest BCUT2D eigenvalue weighted by molar-refractivity contribution is 5.93. The van der Waals surface area contributed by atoms with Crippen LogP contribution in [0.5, 0.6) is 0 Å². The Bertz CT molecular complexity index is 749. The minimum absolute atomic E-state index is 0.0779. The average Bonchev–Trinajstić information content (AvgIpc) is 3.42. The van der Waals surface area contributed by atoms with Crippen LogP contribution in [0.4, 0.5) is 0 Å². The molecule has 0 spiro atoms. The van der Waals surface area contributed by atoms with E-state index in [1.54, 1.807) is 7.05 Å². The fraction of sp³-hybridized carbons (Fsp3) is 0.500. The maximum Gasteiger partial charge on any atom is 0.271 e. The van der Waals surface area contributed by atoms with Gasteiger partial charge < -0.3 is 10.6 Å². The lowest BCUT2D eigenvalue weighted by Crippen LogP contribution is -2.36. The molecule has 25 heavy (non-hydrogen) atoms. The summed E-state index contributed by atoms with van der Waals surface area (Å²) in [6, 6.07) is 10.8. The SMILES string of the molecule is CNC(=O)c1nn(Cc2ccccc2)c2c1CC(NCC1CC1)CC2. The Balaban J connectivity index is 1.58. The van der Waals surface area contributed by atoms with Crippen molar-refractivity contribution in [3.05, 3.63) is 52.8 Å². The van der Waals surface area contributed by atoms with Gasteiger partial charge in [0.2, 0.25) is 0 Å². The van der Waals surface area contributed by atoms with E-state index in [9.17, 15) is 4.79 Å². The number of nitrogens with one attached hydrogen (secondary N) is 2. The molecule has 1 unspecified atom stereocenters. The Morgan fingerprint density at radius 1 is 1.24 bits per heavy atom. The summed E-state index contributed by atoms with van der Waals surface area (Å²) in [7, 11) is 1.68. The van der Waals surface area contributed by atoms with Gasteiger partial charge in [0, 0.05) is 24.3 Å². The van der Waals surface area contributed by atoms with Gasteiger partial charge in [-0.3, -0.25) is 9.48 Å². The minimum Gasteiger partial charge on any atom is -0.354 e. The fourth-order valence-electron chi connectivity index (χ4n) is 3.71. The van der Waals surface area contributed by atoms with Crippen molar-refractivity contribution in [3.63, 3.8) is 0 Å². The summed E-state index contributed by atoms with van der Waals surface area (Å²) in [6.07, 6.45) is 5.73. The zero-order chi connectivity index (χ0) is 17.2. The van der Waals surface area contributed by atoms with E-state index >= 15 is 0 Å². The van der Waals surface area contributed by atoms with E-state index in [1.807, 2.05) is 22.9 Å². The van der Waals surface area contributed by atoms with Crippen LogP contribution in [0.2, 0.25) is 0 Å². The number of carbonyl (C=O) groups is 1. The van der Waals surface area contributed by atoms with E-state index in [4.69, 9.17) is 0 Å². The first-order chi connectivity index (χ1) is 12.2. The molecule has 1 amide bonds. The molecule has 0 saturated heterocycles. The summed E-state index contributed by atoms with van der Waals surface area (Å²) in [6.45, 7) is 1.84. The van der Waals surface area contributed by atoms with Crippen LogP contribution in [0, 0.1) is 5.92 Å². The first-order valence-corrected chi connectivity index (χ1v) is 9.32. The number of fused-ring (bicyclic) bond motifs is 1. The summed E-state index contributed by atoms with van der Waals surface area (Å²) in [5.74, 6) is 0.798. The molecular weight excluding hydrogens is 312 g/mol. The molecular formula is C20H26N4O. The zero-order valence-electron chi connectivity index (χ0n) is 14.8. The van der Waals surface area contributed by atoms with Gasteiger partial charge in [-0.1, -0.05) is 30.3 Å². The van der Waals surface area contributed by atoms with E-state index in [0.717, 1.165) is 43.8 Å². The molecule has 1 atom stereocenters. The van der Waals surface area contributed by atoms with Crippen LogP contribution in [0.15, 0.2) is 30.3 Å². The molecule has 2 aromatic rings. The third kappa shape index (κ3) is 3.61. The smallest absolute Gasteiger partial charge is 0.271 e. The molecule has 0 radical (unpaired) electrons. The van der Waals surface area contributed by atoms with Crippen LogP contribution in [0.1, 0.15) is 46.6 Å². The topological polar surface area (TPSA) is 59.0 Å². The molecule has 0 aliphatic heterocycles. The highest BCUT2D eigenvalue weighted by Gasteiger charge is 2.30. The van der Waals surface area contributed by atoms with Crippen LogP contribution in [0.3, 0.4) is 0 Å². The molecule has 0 bridgehead atoms. The number of rotatable bonds is 6. The molecule has 4 rings (SSSR count). The number of carbonyl (C=O) groups excluding carboxylic acids is 1. The number of benzene rings is 1. The molecule has 2 aliphatic carbocycles. The Kier molecular flexibility index (Phi) is 4.57. The van der Waals surface area contributed by atoms with Crippen molar-refractivity contribution in [2.45, 2.75) is 44.7 Å². The van der Waals surface area contributed by atoms with Crippen LogP contribution in [-0.2, 0) is 19.4 Å². The predicted octanol–water partition coefficient (Wildman–Crippen LogP) is 2.15. The average molecular weight is 338 g/mol. The van der Waals surface area contributed by atoms with Crippen molar-refractivity contribution >= 4 is 5.91 Å². The van der Waals surface area contributed by atoms with Gasteiger partial charge in [-0.25, -0.2) is 0 Å². The maximum absolute atomic E-state index is 12.3. The summed E-state index contributed by atoms with van der Waals surface area (Å²) in [5, 5.41) is 11.1. The van der Waals surface area contributed by atoms with Gasteiger partial charge in [0.15, 0.2) is 5.69 Å². The van der Waals surface area contributed by atoms with Crippen LogP contribution >= 0.6 is 0 Å². The predicted molar refractivity (Wildman–Crippen MR) is 97.7 cm³/mol. The van der Waals surface area contributed by atoms with Crippen molar-refractivity contribution in [2.24, 2.45) is 5.92 Å². The molecule has 5 nitrogen and oxygen atoms in total. The molecule has 1 aromatic heterocycles. The standard InChI is InChI=1S/C20H26N4O/c1-21-20(25)19-17-11-16(22-12-14-7-8-14)9-10-18(17)24(23-19)13-15-5-3-2-4-6-15/h2-6,14,16,22H,7-13H2,1H3,(H,21,25). The van der Waals surface area contributed by atoms with Gasteiger partial charge in [0.05, 0.1) is 6.54 Å². The van der Waals surface area contributed by atoms with Gasteiger partial charge in [-0.05, 0) is 50.1 Å². The molecule has 1 fully saturated rings. The van der Waals surface area contributed by atoms with E-state index in [0.29, 0.717) is 11.7 Å². The Morgan fingerprint density at radius 3 is 2.76 bits per heavy atom. The van der Waals surface area contributed by atoms with E-state index in [1.165, 1.54) is 24.1 Å². The molecule has 5 heteroatoms. The largest absolute Gasteiger partial charge is 0.354 e. The maximum atomic E-state index is 12.3. The second kappa shape index (κ2) is 7.00. The number of aromatic nitrogens is 2. The monoisotopic (exact) mass is 338 g/mol.